The third kappa shape index (κ3) is 2.81. The molecule has 1 aromatic heterocycles. The minimum Gasteiger partial charge on any atom is -0.481 e. The van der Waals surface area contributed by atoms with Crippen LogP contribution in [-0.4, -0.2) is 27.6 Å². The van der Waals surface area contributed by atoms with E-state index < -0.39 is 5.97 Å². The molecule has 0 saturated heterocycles. The lowest BCUT2D eigenvalue weighted by Gasteiger charge is -1.89. The summed E-state index contributed by atoms with van der Waals surface area (Å²) in [6, 6.07) is 0. The van der Waals surface area contributed by atoms with Gasteiger partial charge in [0.2, 0.25) is 0 Å². The van der Waals surface area contributed by atoms with Gasteiger partial charge in [-0.3, -0.25) is 9.59 Å². The molecule has 14 heavy (non-hydrogen) atoms. The molecule has 0 aromatic carbocycles. The van der Waals surface area contributed by atoms with E-state index in [1.165, 1.54) is 18.3 Å². The normalized spacial score (nSPS) is 10.1. The van der Waals surface area contributed by atoms with Crippen molar-refractivity contribution in [3.05, 3.63) is 10.6 Å². The molecule has 4 nitrogen and oxygen atoms in total. The average molecular weight is 231 g/mol. The fourth-order valence-electron chi connectivity index (χ4n) is 0.884. The number of rotatable bonds is 4. The molecule has 0 unspecified atom stereocenters. The highest BCUT2D eigenvalue weighted by Gasteiger charge is 2.12. The Bertz CT molecular complexity index is 373. The predicted molar refractivity (Wildman–Crippen MR) is 55.2 cm³/mol. The Balaban J connectivity index is 2.76. The van der Waals surface area contributed by atoms with Crippen LogP contribution in [0.25, 0.3) is 0 Å². The van der Waals surface area contributed by atoms with Crippen LogP contribution in [0.2, 0.25) is 0 Å². The first-order valence-corrected chi connectivity index (χ1v) is 5.64. The molecule has 1 rings (SSSR count). The first-order valence-electron chi connectivity index (χ1n) is 3.83. The van der Waals surface area contributed by atoms with Gasteiger partial charge in [0.05, 0.1) is 16.3 Å². The van der Waals surface area contributed by atoms with Crippen molar-refractivity contribution >= 4 is 34.9 Å². The minimum absolute atomic E-state index is 0.0235. The number of hydrogen-bond donors (Lipinski definition) is 1. The van der Waals surface area contributed by atoms with E-state index in [1.54, 1.807) is 6.92 Å². The van der Waals surface area contributed by atoms with Crippen LogP contribution >= 0.6 is 23.1 Å². The van der Waals surface area contributed by atoms with Crippen LogP contribution in [0, 0.1) is 6.92 Å². The van der Waals surface area contributed by atoms with Crippen molar-refractivity contribution in [3.8, 4) is 0 Å². The lowest BCUT2D eigenvalue weighted by atomic mass is 10.3. The average Bonchev–Trinajstić information content (AvgIpc) is 2.43. The van der Waals surface area contributed by atoms with Gasteiger partial charge in [-0.1, -0.05) is 11.8 Å². The number of aryl methyl sites for hydroxylation is 1. The molecule has 1 aromatic rings. The van der Waals surface area contributed by atoms with Gasteiger partial charge in [-0.05, 0) is 6.92 Å². The zero-order chi connectivity index (χ0) is 10.7. The van der Waals surface area contributed by atoms with Gasteiger partial charge < -0.3 is 5.11 Å². The van der Waals surface area contributed by atoms with Crippen LogP contribution in [0.5, 0.6) is 0 Å². The lowest BCUT2D eigenvalue weighted by molar-refractivity contribution is -0.133. The van der Waals surface area contributed by atoms with Crippen LogP contribution in [0.15, 0.2) is 4.34 Å². The summed E-state index contributed by atoms with van der Waals surface area (Å²) < 4.78 is 0.634. The maximum Gasteiger partial charge on any atom is 0.313 e. The molecular weight excluding hydrogens is 222 g/mol. The van der Waals surface area contributed by atoms with E-state index in [4.69, 9.17) is 5.11 Å². The zero-order valence-electron chi connectivity index (χ0n) is 7.73. The summed E-state index contributed by atoms with van der Waals surface area (Å²) in [5.41, 5.74) is 0.676. The number of Topliss-reactive ketones (excluding diaryl/α,β-unsaturated/α-hetero) is 1. The number of nitrogens with zero attached hydrogens (tertiary/aromatic N) is 1. The van der Waals surface area contributed by atoms with Crippen molar-refractivity contribution in [1.82, 2.24) is 4.98 Å². The van der Waals surface area contributed by atoms with Crippen LogP contribution in [0.3, 0.4) is 0 Å². The number of carbonyl (C=O) groups excluding carboxylic acids is 1. The number of carbonyl (C=O) groups is 2. The topological polar surface area (TPSA) is 67.3 Å². The molecule has 1 N–H and O–H groups in total. The first-order chi connectivity index (χ1) is 6.50. The standard InChI is InChI=1S/C8H9NO3S2/c1-4-7(5(2)10)14-8(9-4)13-3-6(11)12/h3H2,1-2H3,(H,11,12). The van der Waals surface area contributed by atoms with Crippen LogP contribution in [-0.2, 0) is 4.79 Å². The number of aliphatic carboxylic acids is 1. The van der Waals surface area contributed by atoms with E-state index in [0.717, 1.165) is 11.8 Å². The monoisotopic (exact) mass is 231 g/mol. The quantitative estimate of drug-likeness (QED) is 0.632. The highest BCUT2D eigenvalue weighted by atomic mass is 32.2. The second-order valence-corrected chi connectivity index (χ2v) is 4.85. The lowest BCUT2D eigenvalue weighted by Crippen LogP contribution is -1.96. The first kappa shape index (κ1) is 11.2. The van der Waals surface area contributed by atoms with Crippen LogP contribution < -0.4 is 0 Å². The Morgan fingerprint density at radius 2 is 2.21 bits per heavy atom. The summed E-state index contributed by atoms with van der Waals surface area (Å²) in [4.78, 5) is 26.1. The van der Waals surface area contributed by atoms with Gasteiger partial charge in [0.1, 0.15) is 0 Å². The molecule has 1 heterocycles. The number of thiazole rings is 1. The third-order valence-corrected chi connectivity index (χ3v) is 3.80. The summed E-state index contributed by atoms with van der Waals surface area (Å²) in [7, 11) is 0. The summed E-state index contributed by atoms with van der Waals surface area (Å²) in [5.74, 6) is -0.931. The molecule has 76 valence electrons. The van der Waals surface area contributed by atoms with Gasteiger partial charge >= 0.3 is 5.97 Å². The molecule has 0 bridgehead atoms. The summed E-state index contributed by atoms with van der Waals surface area (Å²) in [5, 5.41) is 8.45. The number of aromatic nitrogens is 1. The SMILES string of the molecule is CC(=O)c1sc(SCC(=O)O)nc1C. The van der Waals surface area contributed by atoms with Gasteiger partial charge in [-0.2, -0.15) is 0 Å². The maximum absolute atomic E-state index is 11.1. The number of thioether (sulfide) groups is 1. The molecular formula is C8H9NO3S2. The number of hydrogen-bond acceptors (Lipinski definition) is 5. The summed E-state index contributed by atoms with van der Waals surface area (Å²) in [6.45, 7) is 3.23. The van der Waals surface area contributed by atoms with Gasteiger partial charge in [0, 0.05) is 6.92 Å². The number of ketones is 1. The molecule has 0 atom stereocenters. The van der Waals surface area contributed by atoms with Crippen LogP contribution in [0.4, 0.5) is 0 Å². The van der Waals surface area contributed by atoms with E-state index in [0.29, 0.717) is 14.9 Å². The maximum atomic E-state index is 11.1. The van der Waals surface area contributed by atoms with Crippen molar-refractivity contribution in [2.45, 2.75) is 18.2 Å². The van der Waals surface area contributed by atoms with E-state index >= 15 is 0 Å². The highest BCUT2D eigenvalue weighted by molar-refractivity contribution is 8.01. The van der Waals surface area contributed by atoms with Crippen LogP contribution in [0.1, 0.15) is 22.3 Å². The van der Waals surface area contributed by atoms with E-state index in [-0.39, 0.29) is 11.5 Å². The summed E-state index contributed by atoms with van der Waals surface area (Å²) in [6.07, 6.45) is 0. The van der Waals surface area contributed by atoms with Gasteiger partial charge in [0.15, 0.2) is 10.1 Å². The second kappa shape index (κ2) is 4.56. The molecule has 0 spiro atoms. The fourth-order valence-corrected chi connectivity index (χ4v) is 2.69. The molecule has 0 radical (unpaired) electrons. The van der Waals surface area contributed by atoms with E-state index in [2.05, 4.69) is 4.98 Å². The molecule has 0 aliphatic heterocycles. The Kier molecular flexibility index (Phi) is 3.65. The predicted octanol–water partition coefficient (Wildman–Crippen LogP) is 1.83. The van der Waals surface area contributed by atoms with Crippen molar-refractivity contribution in [1.29, 1.82) is 0 Å². The Morgan fingerprint density at radius 1 is 1.57 bits per heavy atom. The molecule has 0 saturated carbocycles. The van der Waals surface area contributed by atoms with Crippen molar-refractivity contribution in [2.24, 2.45) is 0 Å². The number of carboxylic acids is 1. The molecule has 6 heteroatoms. The zero-order valence-corrected chi connectivity index (χ0v) is 9.37. The minimum atomic E-state index is -0.882. The van der Waals surface area contributed by atoms with Crippen molar-refractivity contribution in [3.63, 3.8) is 0 Å². The number of carboxylic acid groups (broad SMARTS) is 1. The largest absolute Gasteiger partial charge is 0.481 e. The van der Waals surface area contributed by atoms with Gasteiger partial charge in [-0.25, -0.2) is 4.98 Å². The summed E-state index contributed by atoms with van der Waals surface area (Å²) >= 11 is 2.39. The molecule has 0 amide bonds. The molecule has 0 fully saturated rings. The van der Waals surface area contributed by atoms with E-state index in [1.807, 2.05) is 0 Å². The Hall–Kier alpha value is -0.880. The Morgan fingerprint density at radius 3 is 2.64 bits per heavy atom. The van der Waals surface area contributed by atoms with Crippen molar-refractivity contribution < 1.29 is 14.7 Å². The third-order valence-electron chi connectivity index (χ3n) is 1.42. The molecule has 0 aliphatic carbocycles. The Labute approximate surface area is 89.4 Å². The highest BCUT2D eigenvalue weighted by Crippen LogP contribution is 2.27. The van der Waals surface area contributed by atoms with Gasteiger partial charge in [0.25, 0.3) is 0 Å². The fraction of sp³-hybridized carbons (Fsp3) is 0.375. The second-order valence-electron chi connectivity index (χ2n) is 2.63. The van der Waals surface area contributed by atoms with E-state index in [9.17, 15) is 9.59 Å². The van der Waals surface area contributed by atoms with Gasteiger partial charge in [-0.15, -0.1) is 11.3 Å². The van der Waals surface area contributed by atoms with Crippen molar-refractivity contribution in [2.75, 3.05) is 5.75 Å². The molecule has 0 aliphatic rings. The smallest absolute Gasteiger partial charge is 0.313 e.